The molecule has 1 fully saturated rings. The van der Waals surface area contributed by atoms with Crippen LogP contribution in [0, 0.1) is 0 Å². The van der Waals surface area contributed by atoms with Crippen molar-refractivity contribution in [3.8, 4) is 0 Å². The molecule has 112 valence electrons. The molecule has 0 amide bonds. The molecule has 2 heterocycles. The van der Waals surface area contributed by atoms with Gasteiger partial charge in [-0.3, -0.25) is 0 Å². The minimum absolute atomic E-state index is 0.333. The summed E-state index contributed by atoms with van der Waals surface area (Å²) >= 11 is 6.20. The quantitative estimate of drug-likeness (QED) is 0.785. The van der Waals surface area contributed by atoms with Gasteiger partial charge in [0.25, 0.3) is 0 Å². The van der Waals surface area contributed by atoms with Crippen molar-refractivity contribution in [2.45, 2.75) is 38.8 Å². The molecule has 1 N–H and O–H groups in total. The Labute approximate surface area is 126 Å². The van der Waals surface area contributed by atoms with E-state index in [9.17, 15) is 0 Å². The molecule has 1 aliphatic rings. The van der Waals surface area contributed by atoms with E-state index in [1.165, 1.54) is 6.42 Å². The van der Waals surface area contributed by atoms with Crippen molar-refractivity contribution in [3.63, 3.8) is 0 Å². The third-order valence-corrected chi connectivity index (χ3v) is 3.90. The van der Waals surface area contributed by atoms with Crippen LogP contribution >= 0.6 is 11.6 Å². The standard InChI is InChI=1S/C15H24ClN3O/c1-3-6-17-9-12-8-15(18-10-14(12)16)19(2)11-13-5-4-7-20-13/h8,10,13,17H,3-7,9,11H2,1-2H3. The second kappa shape index (κ2) is 7.81. The minimum atomic E-state index is 0.333. The summed E-state index contributed by atoms with van der Waals surface area (Å²) in [6.45, 7) is 5.72. The van der Waals surface area contributed by atoms with E-state index in [1.54, 1.807) is 6.20 Å². The number of pyridine rings is 1. The second-order valence-electron chi connectivity index (χ2n) is 5.33. The van der Waals surface area contributed by atoms with Crippen LogP contribution in [0.15, 0.2) is 12.3 Å². The zero-order valence-corrected chi connectivity index (χ0v) is 13.1. The van der Waals surface area contributed by atoms with E-state index in [-0.39, 0.29) is 0 Å². The molecule has 5 heteroatoms. The van der Waals surface area contributed by atoms with Crippen LogP contribution in [-0.2, 0) is 11.3 Å². The highest BCUT2D eigenvalue weighted by molar-refractivity contribution is 6.31. The van der Waals surface area contributed by atoms with Gasteiger partial charge in [0.2, 0.25) is 0 Å². The van der Waals surface area contributed by atoms with Gasteiger partial charge >= 0.3 is 0 Å². The summed E-state index contributed by atoms with van der Waals surface area (Å²) in [5.74, 6) is 0.957. The number of nitrogens with one attached hydrogen (secondary N) is 1. The van der Waals surface area contributed by atoms with Crippen LogP contribution in [0.5, 0.6) is 0 Å². The van der Waals surface area contributed by atoms with E-state index >= 15 is 0 Å². The fraction of sp³-hybridized carbons (Fsp3) is 0.667. The molecule has 2 rings (SSSR count). The van der Waals surface area contributed by atoms with Crippen molar-refractivity contribution in [1.82, 2.24) is 10.3 Å². The maximum atomic E-state index is 6.20. The van der Waals surface area contributed by atoms with Crippen LogP contribution in [-0.4, -0.2) is 37.8 Å². The molecule has 1 aliphatic heterocycles. The first-order chi connectivity index (χ1) is 9.70. The Morgan fingerprint density at radius 1 is 1.55 bits per heavy atom. The highest BCUT2D eigenvalue weighted by Gasteiger charge is 2.18. The predicted molar refractivity (Wildman–Crippen MR) is 83.5 cm³/mol. The van der Waals surface area contributed by atoms with E-state index in [2.05, 4.69) is 35.2 Å². The summed E-state index contributed by atoms with van der Waals surface area (Å²) in [4.78, 5) is 6.57. The van der Waals surface area contributed by atoms with E-state index in [4.69, 9.17) is 16.3 Å². The first kappa shape index (κ1) is 15.5. The summed E-state index contributed by atoms with van der Waals surface area (Å²) in [6.07, 6.45) is 5.50. The fourth-order valence-electron chi connectivity index (χ4n) is 2.40. The van der Waals surface area contributed by atoms with Gasteiger partial charge in [-0.2, -0.15) is 0 Å². The van der Waals surface area contributed by atoms with E-state index in [0.29, 0.717) is 6.10 Å². The first-order valence-corrected chi connectivity index (χ1v) is 7.76. The fourth-order valence-corrected chi connectivity index (χ4v) is 2.57. The van der Waals surface area contributed by atoms with Crippen molar-refractivity contribution in [1.29, 1.82) is 0 Å². The maximum Gasteiger partial charge on any atom is 0.128 e. The van der Waals surface area contributed by atoms with Gasteiger partial charge < -0.3 is 15.0 Å². The van der Waals surface area contributed by atoms with E-state index < -0.39 is 0 Å². The van der Waals surface area contributed by atoms with Crippen molar-refractivity contribution in [2.24, 2.45) is 0 Å². The first-order valence-electron chi connectivity index (χ1n) is 7.38. The van der Waals surface area contributed by atoms with Gasteiger partial charge in [-0.25, -0.2) is 4.98 Å². The number of halogens is 1. The molecule has 0 saturated carbocycles. The monoisotopic (exact) mass is 297 g/mol. The van der Waals surface area contributed by atoms with Gasteiger partial charge in [-0.15, -0.1) is 0 Å². The summed E-state index contributed by atoms with van der Waals surface area (Å²) < 4.78 is 5.67. The van der Waals surface area contributed by atoms with Gasteiger partial charge in [0.05, 0.1) is 11.1 Å². The maximum absolute atomic E-state index is 6.20. The third kappa shape index (κ3) is 4.33. The number of hydrogen-bond donors (Lipinski definition) is 1. The molecule has 0 radical (unpaired) electrons. The smallest absolute Gasteiger partial charge is 0.128 e. The Balaban J connectivity index is 1.97. The van der Waals surface area contributed by atoms with E-state index in [1.807, 2.05) is 0 Å². The second-order valence-corrected chi connectivity index (χ2v) is 5.73. The van der Waals surface area contributed by atoms with Gasteiger partial charge in [-0.05, 0) is 37.4 Å². The van der Waals surface area contributed by atoms with Crippen molar-refractivity contribution >= 4 is 17.4 Å². The SMILES string of the molecule is CCCNCc1cc(N(C)CC2CCCO2)ncc1Cl. The molecule has 0 bridgehead atoms. The molecule has 4 nitrogen and oxygen atoms in total. The van der Waals surface area contributed by atoms with Gasteiger partial charge in [-0.1, -0.05) is 18.5 Å². The molecule has 1 atom stereocenters. The Morgan fingerprint density at radius 2 is 2.40 bits per heavy atom. The minimum Gasteiger partial charge on any atom is -0.376 e. The van der Waals surface area contributed by atoms with E-state index in [0.717, 1.165) is 55.5 Å². The van der Waals surface area contributed by atoms with Gasteiger partial charge in [0.15, 0.2) is 0 Å². The van der Waals surface area contributed by atoms with Crippen molar-refractivity contribution in [2.75, 3.05) is 31.6 Å². The number of ether oxygens (including phenoxy) is 1. The Hall–Kier alpha value is -0.840. The molecule has 0 spiro atoms. The highest BCUT2D eigenvalue weighted by atomic mass is 35.5. The lowest BCUT2D eigenvalue weighted by Gasteiger charge is -2.22. The molecule has 20 heavy (non-hydrogen) atoms. The third-order valence-electron chi connectivity index (χ3n) is 3.56. The topological polar surface area (TPSA) is 37.4 Å². The predicted octanol–water partition coefficient (Wildman–Crippen LogP) is 2.85. The molecule has 0 aromatic carbocycles. The largest absolute Gasteiger partial charge is 0.376 e. The molecule has 1 unspecified atom stereocenters. The lowest BCUT2D eigenvalue weighted by atomic mass is 10.2. The zero-order valence-electron chi connectivity index (χ0n) is 12.4. The summed E-state index contributed by atoms with van der Waals surface area (Å²) in [6, 6.07) is 2.07. The van der Waals surface area contributed by atoms with Crippen LogP contribution in [0.3, 0.4) is 0 Å². The highest BCUT2D eigenvalue weighted by Crippen LogP contribution is 2.21. The number of likely N-dealkylation sites (N-methyl/N-ethyl adjacent to an activating group) is 1. The Kier molecular flexibility index (Phi) is 6.07. The Morgan fingerprint density at radius 3 is 3.10 bits per heavy atom. The summed E-state index contributed by atoms with van der Waals surface area (Å²) in [5.41, 5.74) is 1.10. The number of hydrogen-bond acceptors (Lipinski definition) is 4. The Bertz CT molecular complexity index is 422. The average Bonchev–Trinajstić information content (AvgIpc) is 2.94. The number of aromatic nitrogens is 1. The lowest BCUT2D eigenvalue weighted by molar-refractivity contribution is 0.116. The van der Waals surface area contributed by atoms with Gasteiger partial charge in [0, 0.05) is 32.9 Å². The number of anilines is 1. The molecular weight excluding hydrogens is 274 g/mol. The van der Waals surface area contributed by atoms with Crippen LogP contribution in [0.2, 0.25) is 5.02 Å². The lowest BCUT2D eigenvalue weighted by Crippen LogP contribution is -2.29. The van der Waals surface area contributed by atoms with Crippen LogP contribution in [0.25, 0.3) is 0 Å². The normalized spacial score (nSPS) is 18.4. The van der Waals surface area contributed by atoms with Crippen molar-refractivity contribution < 1.29 is 4.74 Å². The summed E-state index contributed by atoms with van der Waals surface area (Å²) in [5, 5.41) is 4.10. The average molecular weight is 298 g/mol. The van der Waals surface area contributed by atoms with Crippen molar-refractivity contribution in [3.05, 3.63) is 22.8 Å². The zero-order chi connectivity index (χ0) is 14.4. The molecule has 1 aromatic rings. The summed E-state index contributed by atoms with van der Waals surface area (Å²) in [7, 11) is 2.06. The van der Waals surface area contributed by atoms with Crippen LogP contribution in [0.1, 0.15) is 31.7 Å². The number of rotatable bonds is 7. The van der Waals surface area contributed by atoms with Crippen LogP contribution in [0.4, 0.5) is 5.82 Å². The number of nitrogens with zero attached hydrogens (tertiary/aromatic N) is 2. The molecular formula is C15H24ClN3O. The molecule has 1 aromatic heterocycles. The molecule has 0 aliphatic carbocycles. The molecule has 1 saturated heterocycles. The van der Waals surface area contributed by atoms with Gasteiger partial charge in [0.1, 0.15) is 5.82 Å². The van der Waals surface area contributed by atoms with Crippen LogP contribution < -0.4 is 10.2 Å².